The molecule has 0 saturated carbocycles. The molecule has 0 N–H and O–H groups in total. The van der Waals surface area contributed by atoms with Gasteiger partial charge >= 0.3 is 0 Å². The largest absolute Gasteiger partial charge is 0.505 e. The molecule has 4 saturated heterocycles. The van der Waals surface area contributed by atoms with Crippen molar-refractivity contribution in [1.29, 1.82) is 0 Å². The number of aliphatic imine (C=N–C) groups is 2. The summed E-state index contributed by atoms with van der Waals surface area (Å²) in [6.07, 6.45) is 15.0. The molecule has 0 radical (unpaired) electrons. The minimum atomic E-state index is 0.500. The molecule has 0 spiro atoms. The van der Waals surface area contributed by atoms with Crippen LogP contribution in [0.2, 0.25) is 0 Å². The van der Waals surface area contributed by atoms with Crippen LogP contribution < -0.4 is 0 Å². The smallest absolute Gasteiger partial charge is 0.169 e. The number of allylic oxidation sites excluding steroid dienone is 2. The van der Waals surface area contributed by atoms with Crippen molar-refractivity contribution in [2.75, 3.05) is 107 Å². The highest BCUT2D eigenvalue weighted by Crippen LogP contribution is 1.99. The number of hydrogen-bond donors (Lipinski definition) is 0. The van der Waals surface area contributed by atoms with Gasteiger partial charge in [-0.05, 0) is 39.5 Å². The van der Waals surface area contributed by atoms with Crippen molar-refractivity contribution >= 4 is 12.8 Å². The zero-order chi connectivity index (χ0) is 41.5. The van der Waals surface area contributed by atoms with Crippen LogP contribution in [0.15, 0.2) is 34.7 Å². The number of nitrogens with zero attached hydrogens (tertiary/aromatic N) is 2. The highest BCUT2D eigenvalue weighted by Gasteiger charge is 1.96. The van der Waals surface area contributed by atoms with E-state index in [1.54, 1.807) is 26.7 Å². The molecule has 6 rings (SSSR count). The van der Waals surface area contributed by atoms with Gasteiger partial charge in [-0.25, -0.2) is 0 Å². The topological polar surface area (TPSA) is 117 Å². The van der Waals surface area contributed by atoms with Crippen LogP contribution in [0.4, 0.5) is 0 Å². The molecular formula is C40H90N2O10. The maximum absolute atomic E-state index is 4.94. The van der Waals surface area contributed by atoms with Crippen LogP contribution in [0.3, 0.4) is 0 Å². The van der Waals surface area contributed by atoms with Crippen LogP contribution in [0.25, 0.3) is 0 Å². The zero-order valence-corrected chi connectivity index (χ0v) is 37.2. The van der Waals surface area contributed by atoms with Gasteiger partial charge in [-0.3, -0.25) is 9.98 Å². The van der Waals surface area contributed by atoms with Gasteiger partial charge in [0.15, 0.2) is 12.8 Å². The Bertz CT molecular complexity index is 442. The van der Waals surface area contributed by atoms with Gasteiger partial charge < -0.3 is 47.4 Å². The number of rotatable bonds is 2. The Labute approximate surface area is 324 Å². The summed E-state index contributed by atoms with van der Waals surface area (Å²) in [5, 5.41) is 0. The van der Waals surface area contributed by atoms with E-state index in [0.717, 1.165) is 79.2 Å². The van der Waals surface area contributed by atoms with Gasteiger partial charge in [0.25, 0.3) is 0 Å². The second kappa shape index (κ2) is 97.6. The van der Waals surface area contributed by atoms with Crippen LogP contribution in [0.1, 0.15) is 123 Å². The first kappa shape index (κ1) is 67.9. The van der Waals surface area contributed by atoms with Crippen LogP contribution in [0, 0.1) is 0 Å². The fourth-order valence-electron chi connectivity index (χ4n) is 2.41. The Morgan fingerprint density at radius 1 is 0.404 bits per heavy atom. The van der Waals surface area contributed by atoms with Crippen LogP contribution in [-0.2, 0) is 47.4 Å². The molecule has 0 bridgehead atoms. The molecule has 12 nitrogen and oxygen atoms in total. The zero-order valence-electron chi connectivity index (χ0n) is 37.2. The first-order valence-electron chi connectivity index (χ1n) is 19.8. The van der Waals surface area contributed by atoms with Crippen molar-refractivity contribution in [3.05, 3.63) is 24.7 Å². The van der Waals surface area contributed by atoms with Crippen molar-refractivity contribution in [2.24, 2.45) is 9.98 Å². The van der Waals surface area contributed by atoms with E-state index in [4.69, 9.17) is 28.4 Å². The van der Waals surface area contributed by atoms with Crippen LogP contribution >= 0.6 is 0 Å². The van der Waals surface area contributed by atoms with Gasteiger partial charge in [-0.1, -0.05) is 95.2 Å². The molecular weight excluding hydrogens is 668 g/mol. The van der Waals surface area contributed by atoms with Crippen molar-refractivity contribution in [3.8, 4) is 0 Å². The number of methoxy groups -OCH3 is 2. The lowest BCUT2D eigenvalue weighted by molar-refractivity contribution is 0.0690. The lowest BCUT2D eigenvalue weighted by Gasteiger charge is -1.76. The van der Waals surface area contributed by atoms with Gasteiger partial charge in [0.1, 0.15) is 26.8 Å². The summed E-state index contributed by atoms with van der Waals surface area (Å²) < 4.78 is 47.1. The quantitative estimate of drug-likeness (QED) is 0.252. The Morgan fingerprint density at radius 3 is 0.731 bits per heavy atom. The normalized spacial score (nSPS) is 15.4. The third kappa shape index (κ3) is 104. The molecule has 0 aromatic rings. The molecule has 0 aromatic carbocycles. The lowest BCUT2D eigenvalue weighted by atomic mass is 10.4. The molecule has 320 valence electrons. The fraction of sp³-hybridized carbons (Fsp3) is 0.850. The molecule has 6 heterocycles. The highest BCUT2D eigenvalue weighted by atomic mass is 16.7. The summed E-state index contributed by atoms with van der Waals surface area (Å²) in [7, 11) is 3.25. The highest BCUT2D eigenvalue weighted by molar-refractivity contribution is 5.48. The summed E-state index contributed by atoms with van der Waals surface area (Å²) in [6, 6.07) is 0. The van der Waals surface area contributed by atoms with Crippen molar-refractivity contribution in [3.63, 3.8) is 0 Å². The van der Waals surface area contributed by atoms with E-state index in [-0.39, 0.29) is 0 Å². The number of ether oxygens (including phenoxy) is 10. The molecule has 0 aliphatic carbocycles. The van der Waals surface area contributed by atoms with E-state index >= 15 is 0 Å². The van der Waals surface area contributed by atoms with Gasteiger partial charge in [0, 0.05) is 26.4 Å². The monoisotopic (exact) mass is 759 g/mol. The van der Waals surface area contributed by atoms with E-state index in [1.165, 1.54) is 38.5 Å². The Balaban J connectivity index is -0.0000000681. The summed E-state index contributed by atoms with van der Waals surface area (Å²) >= 11 is 0. The summed E-state index contributed by atoms with van der Waals surface area (Å²) in [5.74, 6) is 0. The predicted molar refractivity (Wildman–Crippen MR) is 224 cm³/mol. The molecule has 6 aliphatic rings. The third-order valence-electron chi connectivity index (χ3n) is 4.25. The molecule has 0 unspecified atom stereocenters. The Kier molecular flexibility index (Phi) is 127. The summed E-state index contributed by atoms with van der Waals surface area (Å²) in [5.41, 5.74) is 0. The molecule has 0 amide bonds. The molecule has 0 aromatic heterocycles. The van der Waals surface area contributed by atoms with Crippen LogP contribution in [0.5, 0.6) is 0 Å². The average Bonchev–Trinajstić information content (AvgIpc) is 4.11. The predicted octanol–water partition coefficient (Wildman–Crippen LogP) is 10.2. The van der Waals surface area contributed by atoms with Crippen molar-refractivity contribution in [1.82, 2.24) is 0 Å². The molecule has 4 fully saturated rings. The molecule has 0 atom stereocenters. The van der Waals surface area contributed by atoms with Gasteiger partial charge in [0.2, 0.25) is 0 Å². The van der Waals surface area contributed by atoms with Gasteiger partial charge in [0.05, 0.1) is 66.3 Å². The average molecular weight is 759 g/mol. The van der Waals surface area contributed by atoms with Crippen molar-refractivity contribution in [2.45, 2.75) is 123 Å². The molecule has 6 aliphatic heterocycles. The summed E-state index contributed by atoms with van der Waals surface area (Å²) in [6.45, 7) is 39.2. The first-order chi connectivity index (χ1) is 25.8. The van der Waals surface area contributed by atoms with E-state index in [9.17, 15) is 0 Å². The Morgan fingerprint density at radius 2 is 0.673 bits per heavy atom. The van der Waals surface area contributed by atoms with E-state index in [2.05, 4.69) is 28.9 Å². The minimum Gasteiger partial charge on any atom is -0.505 e. The van der Waals surface area contributed by atoms with E-state index in [0.29, 0.717) is 13.6 Å². The standard InChI is InChI=1S/4C4H8O.2C3H5NO.2C3H6O2.6C2H6/c2*1-2-4-5-3-1;2*1-3-4-5-2;4*1-2-5-3-4-1;6*1-2/h2*1-4H2;2*3-4H,1-2H3;2*3H,1-2H2;2*1-3H2;6*1-2H3/b;;2*4-3+;;;;;;;;;;. The third-order valence-corrected chi connectivity index (χ3v) is 4.25. The van der Waals surface area contributed by atoms with Crippen molar-refractivity contribution < 1.29 is 47.4 Å². The molecule has 52 heavy (non-hydrogen) atoms. The summed E-state index contributed by atoms with van der Waals surface area (Å²) in [4.78, 5) is 7.47. The maximum atomic E-state index is 4.94. The minimum absolute atomic E-state index is 0.500. The van der Waals surface area contributed by atoms with E-state index < -0.39 is 0 Å². The first-order valence-corrected chi connectivity index (χ1v) is 19.8. The second-order valence-electron chi connectivity index (χ2n) is 7.68. The maximum Gasteiger partial charge on any atom is 0.169 e. The van der Waals surface area contributed by atoms with Crippen LogP contribution in [-0.4, -0.2) is 120 Å². The van der Waals surface area contributed by atoms with Gasteiger partial charge in [-0.2, -0.15) is 0 Å². The second-order valence-corrected chi connectivity index (χ2v) is 7.68. The molecule has 12 heteroatoms. The number of hydrogen-bond acceptors (Lipinski definition) is 12. The Hall–Kier alpha value is -2.22. The van der Waals surface area contributed by atoms with Gasteiger partial charge in [-0.15, -0.1) is 0 Å². The fourth-order valence-corrected chi connectivity index (χ4v) is 2.41. The SMILES string of the molecule is C/C=C/OC.C/C=C/OC.C1=NCCO1.C1=NCCO1.C1CCOC1.C1CCOC1.C1COCO1.C1COCO1.CC.CC.CC.CC.CC.CC. The lowest BCUT2D eigenvalue weighted by Crippen LogP contribution is -1.80. The van der Waals surface area contributed by atoms with E-state index in [1.807, 2.05) is 109 Å².